The topological polar surface area (TPSA) is 133 Å². The lowest BCUT2D eigenvalue weighted by Gasteiger charge is -2.21. The first-order chi connectivity index (χ1) is 9.18. The van der Waals surface area contributed by atoms with E-state index in [0.29, 0.717) is 0 Å². The molecule has 0 fully saturated rings. The van der Waals surface area contributed by atoms with Crippen molar-refractivity contribution in [1.29, 1.82) is 0 Å². The number of aliphatic carboxylic acids is 1. The van der Waals surface area contributed by atoms with Gasteiger partial charge in [0.1, 0.15) is 11.8 Å². The molecule has 20 heavy (non-hydrogen) atoms. The van der Waals surface area contributed by atoms with Crippen molar-refractivity contribution in [3.8, 4) is 0 Å². The van der Waals surface area contributed by atoms with Crippen molar-refractivity contribution in [2.75, 3.05) is 0 Å². The molecule has 0 aliphatic heterocycles. The summed E-state index contributed by atoms with van der Waals surface area (Å²) in [5.74, 6) is -4.10. The molecule has 2 unspecified atom stereocenters. The number of hydrogen-bond donors (Lipinski definition) is 4. The quantitative estimate of drug-likeness (QED) is 0.358. The van der Waals surface area contributed by atoms with Gasteiger partial charge in [0.25, 0.3) is 0 Å². The van der Waals surface area contributed by atoms with Gasteiger partial charge in [0.15, 0.2) is 0 Å². The smallest absolute Gasteiger partial charge is 0.326 e. The highest BCUT2D eigenvalue weighted by Gasteiger charge is 2.29. The predicted octanol–water partition coefficient (Wildman–Crippen LogP) is -0.297. The van der Waals surface area contributed by atoms with Gasteiger partial charge in [0, 0.05) is 18.8 Å². The molecule has 0 bridgehead atoms. The number of hydrogen-bond acceptors (Lipinski definition) is 5. The third-order valence-corrected chi connectivity index (χ3v) is 2.78. The Hall–Kier alpha value is -1.96. The molecule has 0 saturated heterocycles. The molecule has 2 atom stereocenters. The Labute approximate surface area is 116 Å². The fraction of sp³-hybridized carbons (Fsp3) is 0.667. The zero-order valence-electron chi connectivity index (χ0n) is 11.7. The van der Waals surface area contributed by atoms with E-state index in [9.17, 15) is 19.2 Å². The molecule has 0 aliphatic carbocycles. The first kappa shape index (κ1) is 18.0. The van der Waals surface area contributed by atoms with Crippen molar-refractivity contribution in [2.24, 2.45) is 11.8 Å². The second-order valence-electron chi connectivity index (χ2n) is 4.90. The van der Waals surface area contributed by atoms with Crippen LogP contribution in [0.25, 0.3) is 0 Å². The normalized spacial score (nSPS) is 13.4. The van der Waals surface area contributed by atoms with Crippen molar-refractivity contribution in [2.45, 2.75) is 39.7 Å². The highest BCUT2D eigenvalue weighted by Crippen LogP contribution is 2.16. The SMILES string of the molecule is CC(=O)CC(NC(=O)C(CC(=O)NO)C(C)C)C(=O)O. The minimum absolute atomic E-state index is 0.237. The summed E-state index contributed by atoms with van der Waals surface area (Å²) in [4.78, 5) is 45.0. The van der Waals surface area contributed by atoms with Crippen LogP contribution in [-0.2, 0) is 19.2 Å². The maximum atomic E-state index is 12.0. The van der Waals surface area contributed by atoms with Gasteiger partial charge in [0.2, 0.25) is 11.8 Å². The van der Waals surface area contributed by atoms with E-state index in [1.807, 2.05) is 0 Å². The number of ketones is 1. The Morgan fingerprint density at radius 1 is 1.10 bits per heavy atom. The summed E-state index contributed by atoms with van der Waals surface area (Å²) in [5.41, 5.74) is 1.42. The van der Waals surface area contributed by atoms with E-state index in [4.69, 9.17) is 10.3 Å². The van der Waals surface area contributed by atoms with E-state index in [2.05, 4.69) is 5.32 Å². The molecule has 0 radical (unpaired) electrons. The van der Waals surface area contributed by atoms with Gasteiger partial charge in [0.05, 0.1) is 0 Å². The first-order valence-corrected chi connectivity index (χ1v) is 6.14. The van der Waals surface area contributed by atoms with Gasteiger partial charge in [-0.25, -0.2) is 10.3 Å². The van der Waals surface area contributed by atoms with E-state index in [-0.39, 0.29) is 24.5 Å². The second-order valence-corrected chi connectivity index (χ2v) is 4.90. The number of carbonyl (C=O) groups excluding carboxylic acids is 3. The molecule has 2 amide bonds. The highest BCUT2D eigenvalue weighted by atomic mass is 16.5. The third-order valence-electron chi connectivity index (χ3n) is 2.78. The Balaban J connectivity index is 4.84. The summed E-state index contributed by atoms with van der Waals surface area (Å²) >= 11 is 0. The Morgan fingerprint density at radius 2 is 1.65 bits per heavy atom. The van der Waals surface area contributed by atoms with E-state index in [1.54, 1.807) is 13.8 Å². The fourth-order valence-electron chi connectivity index (χ4n) is 1.64. The van der Waals surface area contributed by atoms with E-state index in [1.165, 1.54) is 12.4 Å². The maximum absolute atomic E-state index is 12.0. The molecule has 8 nitrogen and oxygen atoms in total. The Bertz CT molecular complexity index is 393. The molecular formula is C12H20N2O6. The average molecular weight is 288 g/mol. The molecule has 4 N–H and O–H groups in total. The molecule has 0 spiro atoms. The summed E-state index contributed by atoms with van der Waals surface area (Å²) in [6.45, 7) is 4.60. The lowest BCUT2D eigenvalue weighted by atomic mass is 9.91. The van der Waals surface area contributed by atoms with Gasteiger partial charge >= 0.3 is 5.97 Å². The molecule has 0 saturated carbocycles. The second kappa shape index (κ2) is 8.26. The van der Waals surface area contributed by atoms with Gasteiger partial charge in [-0.15, -0.1) is 0 Å². The van der Waals surface area contributed by atoms with Crippen molar-refractivity contribution in [3.05, 3.63) is 0 Å². The molecule has 0 heterocycles. The zero-order valence-corrected chi connectivity index (χ0v) is 11.7. The van der Waals surface area contributed by atoms with Crippen LogP contribution in [0.2, 0.25) is 0 Å². The van der Waals surface area contributed by atoms with E-state index < -0.39 is 29.7 Å². The highest BCUT2D eigenvalue weighted by molar-refractivity contribution is 5.91. The van der Waals surface area contributed by atoms with E-state index >= 15 is 0 Å². The minimum atomic E-state index is -1.32. The number of carboxylic acids is 1. The Kier molecular flexibility index (Phi) is 7.45. The van der Waals surface area contributed by atoms with Crippen molar-refractivity contribution < 1.29 is 29.5 Å². The van der Waals surface area contributed by atoms with Crippen molar-refractivity contribution in [3.63, 3.8) is 0 Å². The van der Waals surface area contributed by atoms with Crippen LogP contribution in [0.4, 0.5) is 0 Å². The molecule has 0 aliphatic rings. The van der Waals surface area contributed by atoms with Crippen LogP contribution in [0.3, 0.4) is 0 Å². The largest absolute Gasteiger partial charge is 0.480 e. The molecule has 0 aromatic carbocycles. The number of nitrogens with one attached hydrogen (secondary N) is 2. The van der Waals surface area contributed by atoms with Crippen LogP contribution >= 0.6 is 0 Å². The lowest BCUT2D eigenvalue weighted by molar-refractivity contribution is -0.144. The van der Waals surface area contributed by atoms with Crippen LogP contribution in [0, 0.1) is 11.8 Å². The van der Waals surface area contributed by atoms with Crippen LogP contribution < -0.4 is 10.8 Å². The number of amides is 2. The standard InChI is InChI=1S/C12H20N2O6/c1-6(2)8(5-10(16)14-20)11(17)13-9(12(18)19)4-7(3)15/h6,8-9,20H,4-5H2,1-3H3,(H,13,17)(H,14,16)(H,18,19). The minimum Gasteiger partial charge on any atom is -0.480 e. The fourth-order valence-corrected chi connectivity index (χ4v) is 1.64. The number of rotatable bonds is 8. The lowest BCUT2D eigenvalue weighted by Crippen LogP contribution is -2.46. The number of carbonyl (C=O) groups is 4. The summed E-state index contributed by atoms with van der Waals surface area (Å²) < 4.78 is 0. The summed E-state index contributed by atoms with van der Waals surface area (Å²) in [6.07, 6.45) is -0.593. The molecular weight excluding hydrogens is 268 g/mol. The summed E-state index contributed by atoms with van der Waals surface area (Å²) in [5, 5.41) is 19.6. The molecule has 8 heteroatoms. The van der Waals surface area contributed by atoms with Gasteiger partial charge in [-0.2, -0.15) is 0 Å². The zero-order chi connectivity index (χ0) is 15.9. The van der Waals surface area contributed by atoms with E-state index in [0.717, 1.165) is 0 Å². The van der Waals surface area contributed by atoms with Crippen LogP contribution in [0.5, 0.6) is 0 Å². The molecule has 0 aromatic rings. The van der Waals surface area contributed by atoms with Crippen molar-refractivity contribution >= 4 is 23.6 Å². The third kappa shape index (κ3) is 6.28. The molecule has 114 valence electrons. The monoisotopic (exact) mass is 288 g/mol. The average Bonchev–Trinajstić information content (AvgIpc) is 2.33. The number of carboxylic acid groups (broad SMARTS) is 1. The van der Waals surface area contributed by atoms with Crippen LogP contribution in [-0.4, -0.2) is 39.9 Å². The number of Topliss-reactive ketones (excluding diaryl/α,β-unsaturated/α-hetero) is 1. The van der Waals surface area contributed by atoms with Gasteiger partial charge in [-0.05, 0) is 12.8 Å². The van der Waals surface area contributed by atoms with Crippen molar-refractivity contribution in [1.82, 2.24) is 10.8 Å². The predicted molar refractivity (Wildman–Crippen MR) is 67.7 cm³/mol. The van der Waals surface area contributed by atoms with Crippen LogP contribution in [0.1, 0.15) is 33.6 Å². The maximum Gasteiger partial charge on any atom is 0.326 e. The van der Waals surface area contributed by atoms with Crippen LogP contribution in [0.15, 0.2) is 0 Å². The summed E-state index contributed by atoms with van der Waals surface area (Å²) in [7, 11) is 0. The van der Waals surface area contributed by atoms with Gasteiger partial charge in [-0.1, -0.05) is 13.8 Å². The van der Waals surface area contributed by atoms with Gasteiger partial charge < -0.3 is 10.4 Å². The molecule has 0 rings (SSSR count). The number of hydroxylamine groups is 1. The molecule has 0 aromatic heterocycles. The Morgan fingerprint density at radius 3 is 2.00 bits per heavy atom. The first-order valence-electron chi connectivity index (χ1n) is 6.14. The summed E-state index contributed by atoms with van der Waals surface area (Å²) in [6, 6.07) is -1.32. The van der Waals surface area contributed by atoms with Gasteiger partial charge in [-0.3, -0.25) is 19.6 Å².